The average Bonchev–Trinajstić information content (AvgIpc) is 2.59. The number of likely N-dealkylation sites (tertiary alicyclic amines) is 1. The molecule has 23 heavy (non-hydrogen) atoms. The monoisotopic (exact) mass is 379 g/mol. The lowest BCUT2D eigenvalue weighted by Gasteiger charge is -2.44. The third-order valence-electron chi connectivity index (χ3n) is 5.41. The number of methoxy groups -OCH3 is 1. The number of benzene rings is 1. The second-order valence-electron chi connectivity index (χ2n) is 6.81. The number of halogens is 1. The van der Waals surface area contributed by atoms with Crippen LogP contribution in [-0.2, 0) is 11.2 Å². The molecule has 0 bridgehead atoms. The van der Waals surface area contributed by atoms with E-state index in [2.05, 4.69) is 33.0 Å². The highest BCUT2D eigenvalue weighted by Crippen LogP contribution is 2.35. The molecule has 2 aliphatic rings. The molecule has 2 atom stereocenters. The number of piperidine rings is 1. The number of nitrogens with zero attached hydrogens (tertiary/aromatic N) is 1. The first-order chi connectivity index (χ1) is 11.2. The first kappa shape index (κ1) is 16.8. The number of hydrogen-bond donors (Lipinski definition) is 0. The molecule has 1 amide bonds. The van der Waals surface area contributed by atoms with Gasteiger partial charge in [0.25, 0.3) is 0 Å². The molecular formula is C19H26BrNO2. The Morgan fingerprint density at radius 3 is 2.83 bits per heavy atom. The minimum absolute atomic E-state index is 0.341. The van der Waals surface area contributed by atoms with Crippen molar-refractivity contribution < 1.29 is 9.53 Å². The minimum atomic E-state index is 0.341. The van der Waals surface area contributed by atoms with E-state index < -0.39 is 0 Å². The van der Waals surface area contributed by atoms with E-state index >= 15 is 0 Å². The number of rotatable bonds is 4. The molecule has 1 aliphatic heterocycles. The van der Waals surface area contributed by atoms with Crippen molar-refractivity contribution in [2.45, 2.75) is 57.4 Å². The van der Waals surface area contributed by atoms with Crippen LogP contribution in [0.25, 0.3) is 0 Å². The molecule has 0 radical (unpaired) electrons. The first-order valence-electron chi connectivity index (χ1n) is 8.81. The maximum absolute atomic E-state index is 12.7. The Morgan fingerprint density at radius 1 is 1.26 bits per heavy atom. The lowest BCUT2D eigenvalue weighted by atomic mass is 9.78. The van der Waals surface area contributed by atoms with Gasteiger partial charge in [0.05, 0.1) is 11.6 Å². The summed E-state index contributed by atoms with van der Waals surface area (Å²) in [6.45, 7) is 0.965. The second kappa shape index (κ2) is 7.69. The van der Waals surface area contributed by atoms with Gasteiger partial charge in [-0.15, -0.1) is 0 Å². The largest absolute Gasteiger partial charge is 0.496 e. The topological polar surface area (TPSA) is 29.5 Å². The van der Waals surface area contributed by atoms with Gasteiger partial charge in [-0.05, 0) is 71.6 Å². The molecule has 1 saturated carbocycles. The molecule has 1 aromatic rings. The van der Waals surface area contributed by atoms with Gasteiger partial charge in [-0.3, -0.25) is 4.79 Å². The SMILES string of the molecule is COc1ccc(CCC(=O)N2CCCC3CCCCC32)cc1Br. The molecule has 126 valence electrons. The molecule has 0 spiro atoms. The summed E-state index contributed by atoms with van der Waals surface area (Å²) in [6.07, 6.45) is 9.09. The lowest BCUT2D eigenvalue weighted by molar-refractivity contribution is -0.137. The summed E-state index contributed by atoms with van der Waals surface area (Å²) >= 11 is 3.52. The van der Waals surface area contributed by atoms with Crippen LogP contribution in [0, 0.1) is 5.92 Å². The molecule has 0 aromatic heterocycles. The average molecular weight is 380 g/mol. The first-order valence-corrected chi connectivity index (χ1v) is 9.60. The highest BCUT2D eigenvalue weighted by Gasteiger charge is 2.35. The van der Waals surface area contributed by atoms with Crippen molar-refractivity contribution in [1.82, 2.24) is 4.90 Å². The van der Waals surface area contributed by atoms with Gasteiger partial charge in [-0.1, -0.05) is 18.9 Å². The molecule has 0 N–H and O–H groups in total. The highest BCUT2D eigenvalue weighted by molar-refractivity contribution is 9.10. The fourth-order valence-corrected chi connectivity index (χ4v) is 4.78. The number of aryl methyl sites for hydroxylation is 1. The van der Waals surface area contributed by atoms with Crippen LogP contribution in [0.15, 0.2) is 22.7 Å². The Labute approximate surface area is 147 Å². The zero-order valence-corrected chi connectivity index (χ0v) is 15.5. The Morgan fingerprint density at radius 2 is 2.04 bits per heavy atom. The molecule has 1 aromatic carbocycles. The van der Waals surface area contributed by atoms with Crippen LogP contribution in [-0.4, -0.2) is 30.5 Å². The summed E-state index contributed by atoms with van der Waals surface area (Å²) in [5.41, 5.74) is 1.18. The highest BCUT2D eigenvalue weighted by atomic mass is 79.9. The third-order valence-corrected chi connectivity index (χ3v) is 6.03. The molecule has 1 saturated heterocycles. The summed E-state index contributed by atoms with van der Waals surface area (Å²) < 4.78 is 6.21. The predicted octanol–water partition coefficient (Wildman–Crippen LogP) is 4.57. The van der Waals surface area contributed by atoms with Crippen LogP contribution < -0.4 is 4.74 Å². The van der Waals surface area contributed by atoms with Crippen molar-refractivity contribution in [2.24, 2.45) is 5.92 Å². The number of carbonyl (C=O) groups is 1. The van der Waals surface area contributed by atoms with Gasteiger partial charge in [-0.2, -0.15) is 0 Å². The Bertz CT molecular complexity index is 558. The lowest BCUT2D eigenvalue weighted by Crippen LogP contribution is -2.49. The van der Waals surface area contributed by atoms with Crippen LogP contribution in [0.4, 0.5) is 0 Å². The molecule has 2 fully saturated rings. The van der Waals surface area contributed by atoms with Crippen LogP contribution in [0.1, 0.15) is 50.5 Å². The van der Waals surface area contributed by atoms with Crippen molar-refractivity contribution in [2.75, 3.05) is 13.7 Å². The smallest absolute Gasteiger partial charge is 0.223 e. The maximum Gasteiger partial charge on any atom is 0.223 e. The van der Waals surface area contributed by atoms with E-state index in [1.54, 1.807) is 7.11 Å². The number of fused-ring (bicyclic) bond motifs is 1. The van der Waals surface area contributed by atoms with Gasteiger partial charge in [-0.25, -0.2) is 0 Å². The van der Waals surface area contributed by atoms with Gasteiger partial charge < -0.3 is 9.64 Å². The molecule has 4 heteroatoms. The molecule has 3 rings (SSSR count). The number of ether oxygens (including phenoxy) is 1. The van der Waals surface area contributed by atoms with E-state index in [1.165, 1.54) is 44.1 Å². The predicted molar refractivity (Wildman–Crippen MR) is 95.7 cm³/mol. The van der Waals surface area contributed by atoms with Crippen LogP contribution in [0.5, 0.6) is 5.75 Å². The normalized spacial score (nSPS) is 24.2. The molecular weight excluding hydrogens is 354 g/mol. The molecule has 1 heterocycles. The Balaban J connectivity index is 1.59. The standard InChI is InChI=1S/C19H26BrNO2/c1-23-18-10-8-14(13-16(18)20)9-11-19(22)21-12-4-6-15-5-2-3-7-17(15)21/h8,10,13,15,17H,2-7,9,11-12H2,1H3. The van der Waals surface area contributed by atoms with E-state index in [4.69, 9.17) is 4.74 Å². The Hall–Kier alpha value is -1.03. The van der Waals surface area contributed by atoms with Gasteiger partial charge in [0.15, 0.2) is 0 Å². The molecule has 3 nitrogen and oxygen atoms in total. The van der Waals surface area contributed by atoms with Crippen molar-refractivity contribution in [3.05, 3.63) is 28.2 Å². The van der Waals surface area contributed by atoms with Crippen LogP contribution in [0.3, 0.4) is 0 Å². The van der Waals surface area contributed by atoms with Gasteiger partial charge in [0.2, 0.25) is 5.91 Å². The number of carbonyl (C=O) groups excluding carboxylic acids is 1. The zero-order valence-electron chi connectivity index (χ0n) is 13.9. The Kier molecular flexibility index (Phi) is 5.62. The number of hydrogen-bond acceptors (Lipinski definition) is 2. The van der Waals surface area contributed by atoms with E-state index in [0.29, 0.717) is 18.4 Å². The van der Waals surface area contributed by atoms with Gasteiger partial charge >= 0.3 is 0 Å². The van der Waals surface area contributed by atoms with Crippen molar-refractivity contribution in [3.63, 3.8) is 0 Å². The van der Waals surface area contributed by atoms with E-state index in [0.717, 1.165) is 29.1 Å². The summed E-state index contributed by atoms with van der Waals surface area (Å²) in [4.78, 5) is 14.9. The quantitative estimate of drug-likeness (QED) is 0.766. The summed E-state index contributed by atoms with van der Waals surface area (Å²) in [5.74, 6) is 1.94. The van der Waals surface area contributed by atoms with Crippen molar-refractivity contribution in [1.29, 1.82) is 0 Å². The third kappa shape index (κ3) is 3.90. The zero-order chi connectivity index (χ0) is 16.2. The van der Waals surface area contributed by atoms with Crippen LogP contribution in [0.2, 0.25) is 0 Å². The van der Waals surface area contributed by atoms with Gasteiger partial charge in [0.1, 0.15) is 5.75 Å². The van der Waals surface area contributed by atoms with Crippen LogP contribution >= 0.6 is 15.9 Å². The summed E-state index contributed by atoms with van der Waals surface area (Å²) in [5, 5.41) is 0. The molecule has 2 unspecified atom stereocenters. The maximum atomic E-state index is 12.7. The molecule has 1 aliphatic carbocycles. The number of amides is 1. The summed E-state index contributed by atoms with van der Waals surface area (Å²) in [7, 11) is 1.67. The van der Waals surface area contributed by atoms with E-state index in [1.807, 2.05) is 6.07 Å². The fraction of sp³-hybridized carbons (Fsp3) is 0.632. The summed E-state index contributed by atoms with van der Waals surface area (Å²) in [6, 6.07) is 6.59. The van der Waals surface area contributed by atoms with Gasteiger partial charge in [0, 0.05) is 19.0 Å². The fourth-order valence-electron chi connectivity index (χ4n) is 4.19. The van der Waals surface area contributed by atoms with E-state index in [-0.39, 0.29) is 0 Å². The van der Waals surface area contributed by atoms with E-state index in [9.17, 15) is 4.79 Å². The second-order valence-corrected chi connectivity index (χ2v) is 7.66. The van der Waals surface area contributed by atoms with Crippen molar-refractivity contribution in [3.8, 4) is 5.75 Å². The minimum Gasteiger partial charge on any atom is -0.496 e. The van der Waals surface area contributed by atoms with Crippen molar-refractivity contribution >= 4 is 21.8 Å².